The third-order valence-electron chi connectivity index (χ3n) is 6.70. The molecule has 2 bridgehead atoms. The van der Waals surface area contributed by atoms with Crippen molar-refractivity contribution in [3.63, 3.8) is 0 Å². The molecule has 2 fully saturated rings. The molecule has 5 heteroatoms. The van der Waals surface area contributed by atoms with Gasteiger partial charge in [0.05, 0.1) is 10.5 Å². The van der Waals surface area contributed by atoms with E-state index in [1.165, 1.54) is 5.56 Å². The minimum absolute atomic E-state index is 0.0731. The van der Waals surface area contributed by atoms with Crippen LogP contribution in [0.4, 0.5) is 0 Å². The van der Waals surface area contributed by atoms with Crippen molar-refractivity contribution in [2.24, 2.45) is 5.92 Å². The summed E-state index contributed by atoms with van der Waals surface area (Å²) in [6, 6.07) is 16.9. The summed E-state index contributed by atoms with van der Waals surface area (Å²) in [5.74, 6) is -1.10. The summed E-state index contributed by atoms with van der Waals surface area (Å²) < 4.78 is 40.1. The molecule has 0 saturated carbocycles. The second-order valence-electron chi connectivity index (χ2n) is 8.61. The summed E-state index contributed by atoms with van der Waals surface area (Å²) in [6.07, 6.45) is 1.35. The van der Waals surface area contributed by atoms with Crippen LogP contribution in [0.15, 0.2) is 59.5 Å². The standard InChI is InChI=1S/C22H24O4S/c1-20(2)22-16(13-15-9-7-8-12-18(15)22)14-19(21(3,25-20)26-22)27(23,24)17-10-5-4-6-11-17/h4-12,16,19H,13-14H2,1-3H3/t16-,19?,21+,22+/m1/s1. The Hall–Kier alpha value is -1.69. The van der Waals surface area contributed by atoms with Crippen LogP contribution in [-0.4, -0.2) is 25.1 Å². The van der Waals surface area contributed by atoms with Gasteiger partial charge in [0, 0.05) is 5.92 Å². The molecule has 4 nitrogen and oxygen atoms in total. The fraction of sp³-hybridized carbons (Fsp3) is 0.455. The molecule has 1 aliphatic carbocycles. The molecule has 2 aromatic carbocycles. The Morgan fingerprint density at radius 2 is 1.59 bits per heavy atom. The molecule has 2 heterocycles. The second-order valence-corrected chi connectivity index (χ2v) is 10.7. The first kappa shape index (κ1) is 17.4. The van der Waals surface area contributed by atoms with Crippen LogP contribution in [0, 0.1) is 5.92 Å². The fourth-order valence-corrected chi connectivity index (χ4v) is 7.74. The molecule has 4 atom stereocenters. The molecule has 1 unspecified atom stereocenters. The van der Waals surface area contributed by atoms with Crippen molar-refractivity contribution in [1.82, 2.24) is 0 Å². The third kappa shape index (κ3) is 2.08. The average Bonchev–Trinajstić information content (AvgIpc) is 3.04. The number of rotatable bonds is 2. The minimum Gasteiger partial charge on any atom is -0.339 e. The molecule has 0 N–H and O–H groups in total. The van der Waals surface area contributed by atoms with Gasteiger partial charge in [-0.1, -0.05) is 42.5 Å². The van der Waals surface area contributed by atoms with Crippen molar-refractivity contribution in [3.05, 3.63) is 65.7 Å². The summed E-state index contributed by atoms with van der Waals surface area (Å²) in [7, 11) is -3.58. The van der Waals surface area contributed by atoms with Crippen LogP contribution >= 0.6 is 0 Å². The van der Waals surface area contributed by atoms with Gasteiger partial charge in [-0.25, -0.2) is 8.42 Å². The first-order chi connectivity index (χ1) is 12.7. The van der Waals surface area contributed by atoms with Gasteiger partial charge in [-0.05, 0) is 56.9 Å². The van der Waals surface area contributed by atoms with E-state index >= 15 is 0 Å². The monoisotopic (exact) mass is 384 g/mol. The molecule has 3 aliphatic rings. The summed E-state index contributed by atoms with van der Waals surface area (Å²) >= 11 is 0. The molecular formula is C22H24O4S. The maximum absolute atomic E-state index is 13.5. The minimum atomic E-state index is -3.58. The molecule has 27 heavy (non-hydrogen) atoms. The van der Waals surface area contributed by atoms with E-state index in [9.17, 15) is 8.42 Å². The number of benzene rings is 2. The van der Waals surface area contributed by atoms with Gasteiger partial charge in [0.1, 0.15) is 10.9 Å². The zero-order chi connectivity index (χ0) is 19.1. The van der Waals surface area contributed by atoms with Gasteiger partial charge in [0.2, 0.25) is 0 Å². The number of hydrogen-bond acceptors (Lipinski definition) is 4. The lowest BCUT2D eigenvalue weighted by Crippen LogP contribution is -2.55. The predicted molar refractivity (Wildman–Crippen MR) is 102 cm³/mol. The first-order valence-corrected chi connectivity index (χ1v) is 11.0. The Kier molecular flexibility index (Phi) is 3.37. The summed E-state index contributed by atoms with van der Waals surface area (Å²) in [6.45, 7) is 5.86. The van der Waals surface area contributed by atoms with Crippen LogP contribution in [0.1, 0.15) is 38.3 Å². The van der Waals surface area contributed by atoms with E-state index in [2.05, 4.69) is 12.1 Å². The van der Waals surface area contributed by atoms with Crippen LogP contribution in [0.3, 0.4) is 0 Å². The lowest BCUT2D eigenvalue weighted by molar-refractivity contribution is -0.213. The van der Waals surface area contributed by atoms with Crippen molar-refractivity contribution in [3.8, 4) is 0 Å². The van der Waals surface area contributed by atoms with Gasteiger partial charge in [0.25, 0.3) is 0 Å². The van der Waals surface area contributed by atoms with Crippen LogP contribution in [0.25, 0.3) is 0 Å². The van der Waals surface area contributed by atoms with Gasteiger partial charge in [-0.15, -0.1) is 0 Å². The Labute approximate surface area is 160 Å². The van der Waals surface area contributed by atoms with Crippen molar-refractivity contribution in [2.75, 3.05) is 0 Å². The molecule has 0 amide bonds. The van der Waals surface area contributed by atoms with Crippen LogP contribution in [-0.2, 0) is 31.3 Å². The van der Waals surface area contributed by atoms with E-state index < -0.39 is 32.1 Å². The Balaban J connectivity index is 1.67. The lowest BCUT2D eigenvalue weighted by Gasteiger charge is -2.45. The maximum Gasteiger partial charge on any atom is 0.186 e. The van der Waals surface area contributed by atoms with E-state index in [4.69, 9.17) is 9.47 Å². The second kappa shape index (κ2) is 5.22. The number of hydrogen-bond donors (Lipinski definition) is 0. The van der Waals surface area contributed by atoms with Crippen molar-refractivity contribution >= 4 is 9.84 Å². The molecule has 2 aromatic rings. The predicted octanol–water partition coefficient (Wildman–Crippen LogP) is 3.84. The smallest absolute Gasteiger partial charge is 0.186 e. The average molecular weight is 384 g/mol. The molecule has 142 valence electrons. The van der Waals surface area contributed by atoms with Gasteiger partial charge >= 0.3 is 0 Å². The summed E-state index contributed by atoms with van der Waals surface area (Å²) in [5.41, 5.74) is 1.18. The lowest BCUT2D eigenvalue weighted by atomic mass is 9.72. The van der Waals surface area contributed by atoms with Crippen molar-refractivity contribution in [1.29, 1.82) is 0 Å². The van der Waals surface area contributed by atoms with E-state index in [0.29, 0.717) is 11.3 Å². The molecule has 0 radical (unpaired) electrons. The largest absolute Gasteiger partial charge is 0.339 e. The van der Waals surface area contributed by atoms with Gasteiger partial charge in [0.15, 0.2) is 15.6 Å². The Morgan fingerprint density at radius 1 is 0.926 bits per heavy atom. The maximum atomic E-state index is 13.5. The molecule has 1 spiro atoms. The number of fused-ring (bicyclic) bond motifs is 2. The highest BCUT2D eigenvalue weighted by atomic mass is 32.2. The van der Waals surface area contributed by atoms with Gasteiger partial charge in [-0.3, -0.25) is 0 Å². The number of ether oxygens (including phenoxy) is 2. The Bertz CT molecular complexity index is 1010. The normalized spacial score (nSPS) is 36.3. The van der Waals surface area contributed by atoms with Crippen LogP contribution in [0.2, 0.25) is 0 Å². The zero-order valence-corrected chi connectivity index (χ0v) is 16.6. The van der Waals surface area contributed by atoms with E-state index in [1.54, 1.807) is 31.2 Å². The summed E-state index contributed by atoms with van der Waals surface area (Å²) in [5, 5.41) is -0.735. The highest BCUT2D eigenvalue weighted by molar-refractivity contribution is 7.92. The van der Waals surface area contributed by atoms with E-state index in [-0.39, 0.29) is 5.92 Å². The van der Waals surface area contributed by atoms with Gasteiger partial charge < -0.3 is 9.47 Å². The highest BCUT2D eigenvalue weighted by Gasteiger charge is 2.73. The molecular weight excluding hydrogens is 360 g/mol. The highest BCUT2D eigenvalue weighted by Crippen LogP contribution is 2.65. The molecule has 0 aromatic heterocycles. The molecule has 5 rings (SSSR count). The SMILES string of the molecule is CC1(C)O[C@@]2(C)O[C@@]13c1ccccc1C[C@@H]3CC2S(=O)(=O)c1ccccc1. The first-order valence-electron chi connectivity index (χ1n) is 9.48. The number of sulfone groups is 1. The van der Waals surface area contributed by atoms with Crippen LogP contribution < -0.4 is 0 Å². The Morgan fingerprint density at radius 3 is 2.33 bits per heavy atom. The quantitative estimate of drug-likeness (QED) is 0.789. The van der Waals surface area contributed by atoms with E-state index in [1.807, 2.05) is 32.0 Å². The van der Waals surface area contributed by atoms with Gasteiger partial charge in [-0.2, -0.15) is 0 Å². The third-order valence-corrected chi connectivity index (χ3v) is 9.00. The zero-order valence-electron chi connectivity index (χ0n) is 15.8. The molecule has 2 aliphatic heterocycles. The van der Waals surface area contributed by atoms with Crippen molar-refractivity contribution in [2.45, 2.75) is 60.7 Å². The fourth-order valence-electron chi connectivity index (χ4n) is 5.73. The molecule has 2 saturated heterocycles. The summed E-state index contributed by atoms with van der Waals surface area (Å²) in [4.78, 5) is 0.330. The van der Waals surface area contributed by atoms with E-state index in [0.717, 1.165) is 12.0 Å². The van der Waals surface area contributed by atoms with Crippen LogP contribution in [0.5, 0.6) is 0 Å². The topological polar surface area (TPSA) is 52.6 Å². The van der Waals surface area contributed by atoms with Crippen molar-refractivity contribution < 1.29 is 17.9 Å².